The summed E-state index contributed by atoms with van der Waals surface area (Å²) in [6.07, 6.45) is 4.19. The van der Waals surface area contributed by atoms with E-state index >= 15 is 0 Å². The van der Waals surface area contributed by atoms with Crippen molar-refractivity contribution in [1.82, 2.24) is 28.7 Å². The molecule has 1 aromatic rings. The number of rotatable bonds is 8. The minimum atomic E-state index is -3.52. The number of nitrogens with one attached hydrogen (secondary N) is 1. The zero-order valence-corrected chi connectivity index (χ0v) is 16.1. The molecule has 0 spiro atoms. The molecule has 10 heteroatoms. The number of hydrogen-bond acceptors (Lipinski definition) is 5. The number of aryl methyl sites for hydroxylation is 1. The Kier molecular flexibility index (Phi) is 6.53. The Morgan fingerprint density at radius 1 is 1.36 bits per heavy atom. The largest absolute Gasteiger partial charge is 0.341 e. The Morgan fingerprint density at radius 2 is 2.08 bits per heavy atom. The van der Waals surface area contributed by atoms with Crippen LogP contribution in [-0.2, 0) is 21.5 Å². The number of carbonyl (C=O) groups is 1. The summed E-state index contributed by atoms with van der Waals surface area (Å²) in [4.78, 5) is 18.1. The van der Waals surface area contributed by atoms with Crippen LogP contribution in [0.15, 0.2) is 12.7 Å². The van der Waals surface area contributed by atoms with Crippen molar-refractivity contribution >= 4 is 16.1 Å². The fourth-order valence-electron chi connectivity index (χ4n) is 3.03. The van der Waals surface area contributed by atoms with E-state index < -0.39 is 10.2 Å². The second kappa shape index (κ2) is 8.24. The van der Waals surface area contributed by atoms with E-state index in [-0.39, 0.29) is 23.8 Å². The van der Waals surface area contributed by atoms with E-state index in [2.05, 4.69) is 28.7 Å². The lowest BCUT2D eigenvalue weighted by molar-refractivity contribution is -0.130. The van der Waals surface area contributed by atoms with E-state index in [1.165, 1.54) is 20.4 Å². The second-order valence-corrected chi connectivity index (χ2v) is 8.90. The van der Waals surface area contributed by atoms with Gasteiger partial charge in [-0.2, -0.15) is 22.5 Å². The summed E-state index contributed by atoms with van der Waals surface area (Å²) < 4.78 is 29.8. The summed E-state index contributed by atoms with van der Waals surface area (Å²) in [6, 6.07) is -0.258. The first-order valence-corrected chi connectivity index (χ1v) is 9.94. The van der Waals surface area contributed by atoms with Crippen molar-refractivity contribution in [3.63, 3.8) is 0 Å². The topological polar surface area (TPSA) is 100 Å². The smallest absolute Gasteiger partial charge is 0.279 e. The summed E-state index contributed by atoms with van der Waals surface area (Å²) in [7, 11) is -0.527. The molecular formula is C15H28N6O3S. The number of carbonyl (C=O) groups excluding carboxylic acids is 1. The van der Waals surface area contributed by atoms with E-state index in [4.69, 9.17) is 0 Å². The van der Waals surface area contributed by atoms with Gasteiger partial charge < -0.3 is 4.90 Å². The molecule has 0 bridgehead atoms. The number of hydrogen-bond donors (Lipinski definition) is 1. The first kappa shape index (κ1) is 19.8. The summed E-state index contributed by atoms with van der Waals surface area (Å²) in [5.74, 6) is 0.439. The van der Waals surface area contributed by atoms with Crippen molar-refractivity contribution in [3.05, 3.63) is 12.7 Å². The molecule has 9 nitrogen and oxygen atoms in total. The predicted molar refractivity (Wildman–Crippen MR) is 93.7 cm³/mol. The summed E-state index contributed by atoms with van der Waals surface area (Å²) in [6.45, 7) is 5.75. The molecular weight excluding hydrogens is 344 g/mol. The molecule has 2 rings (SSSR count). The van der Waals surface area contributed by atoms with Crippen LogP contribution < -0.4 is 4.72 Å². The Morgan fingerprint density at radius 3 is 2.64 bits per heavy atom. The van der Waals surface area contributed by atoms with Crippen LogP contribution in [0, 0.1) is 11.8 Å². The maximum Gasteiger partial charge on any atom is 0.279 e. The van der Waals surface area contributed by atoms with Gasteiger partial charge in [0, 0.05) is 46.2 Å². The average Bonchev–Trinajstić information content (AvgIpc) is 3.16. The van der Waals surface area contributed by atoms with Crippen molar-refractivity contribution in [3.8, 4) is 0 Å². The Balaban J connectivity index is 1.92. The van der Waals surface area contributed by atoms with E-state index in [1.54, 1.807) is 15.9 Å². The molecule has 2 heterocycles. The van der Waals surface area contributed by atoms with Crippen molar-refractivity contribution < 1.29 is 13.2 Å². The number of aromatic nitrogens is 3. The van der Waals surface area contributed by atoms with Crippen molar-refractivity contribution in [2.24, 2.45) is 11.8 Å². The zero-order chi connectivity index (χ0) is 18.6. The Labute approximate surface area is 149 Å². The van der Waals surface area contributed by atoms with E-state index in [0.29, 0.717) is 32.5 Å². The molecule has 1 amide bonds. The van der Waals surface area contributed by atoms with Gasteiger partial charge in [0.15, 0.2) is 0 Å². The minimum absolute atomic E-state index is 0.0531. The highest BCUT2D eigenvalue weighted by molar-refractivity contribution is 7.87. The molecule has 0 unspecified atom stereocenters. The van der Waals surface area contributed by atoms with Crippen molar-refractivity contribution in [1.29, 1.82) is 0 Å². The maximum absolute atomic E-state index is 12.5. The predicted octanol–water partition coefficient (Wildman–Crippen LogP) is -0.0627. The number of nitrogens with zero attached hydrogens (tertiary/aromatic N) is 5. The van der Waals surface area contributed by atoms with Crippen LogP contribution in [0.2, 0.25) is 0 Å². The molecule has 0 radical (unpaired) electrons. The first-order valence-electron chi connectivity index (χ1n) is 8.50. The fourth-order valence-corrected chi connectivity index (χ4v) is 3.87. The normalized spacial score (nSPS) is 21.4. The van der Waals surface area contributed by atoms with E-state index in [9.17, 15) is 13.2 Å². The lowest BCUT2D eigenvalue weighted by atomic mass is 9.92. The molecule has 142 valence electrons. The van der Waals surface area contributed by atoms with Gasteiger partial charge in [0.25, 0.3) is 10.2 Å². The molecule has 1 aliphatic rings. The third-order valence-electron chi connectivity index (χ3n) is 4.60. The molecule has 1 fully saturated rings. The van der Waals surface area contributed by atoms with Crippen LogP contribution in [0.4, 0.5) is 0 Å². The Hall–Kier alpha value is -1.52. The molecule has 0 aromatic carbocycles. The van der Waals surface area contributed by atoms with Gasteiger partial charge in [0.1, 0.15) is 12.7 Å². The van der Waals surface area contributed by atoms with Gasteiger partial charge in [0.2, 0.25) is 5.91 Å². The molecule has 1 aromatic heterocycles. The Bertz CT molecular complexity index is 659. The van der Waals surface area contributed by atoms with Crippen molar-refractivity contribution in [2.45, 2.75) is 39.3 Å². The van der Waals surface area contributed by atoms with Crippen LogP contribution in [-0.4, -0.2) is 71.5 Å². The molecule has 25 heavy (non-hydrogen) atoms. The first-order chi connectivity index (χ1) is 11.7. The lowest BCUT2D eigenvalue weighted by Crippen LogP contribution is -2.46. The summed E-state index contributed by atoms with van der Waals surface area (Å²) in [5.41, 5.74) is 0. The third-order valence-corrected chi connectivity index (χ3v) is 6.16. The van der Waals surface area contributed by atoms with Gasteiger partial charge in [-0.1, -0.05) is 13.8 Å². The quantitative estimate of drug-likeness (QED) is 0.689. The number of likely N-dealkylation sites (tertiary alicyclic amines) is 1. The molecule has 1 N–H and O–H groups in total. The monoisotopic (exact) mass is 372 g/mol. The van der Waals surface area contributed by atoms with E-state index in [0.717, 1.165) is 4.31 Å². The summed E-state index contributed by atoms with van der Waals surface area (Å²) >= 11 is 0. The number of amides is 1. The highest BCUT2D eigenvalue weighted by Crippen LogP contribution is 2.26. The van der Waals surface area contributed by atoms with E-state index in [1.807, 2.05) is 0 Å². The minimum Gasteiger partial charge on any atom is -0.341 e. The molecule has 0 saturated carbocycles. The van der Waals surface area contributed by atoms with Crippen LogP contribution >= 0.6 is 0 Å². The van der Waals surface area contributed by atoms with Gasteiger partial charge in [-0.05, 0) is 18.3 Å². The molecule has 2 atom stereocenters. The van der Waals surface area contributed by atoms with Crippen molar-refractivity contribution in [2.75, 3.05) is 27.2 Å². The fraction of sp³-hybridized carbons (Fsp3) is 0.800. The van der Waals surface area contributed by atoms with Gasteiger partial charge in [0.05, 0.1) is 0 Å². The lowest BCUT2D eigenvalue weighted by Gasteiger charge is -2.24. The standard InChI is InChI=1S/C15H28N6O3S/c1-12(2)13-8-20(9-14(13)18-25(23,24)19(3)4)15(22)6-5-7-21-11-16-10-17-21/h10-14,18H,5-9H2,1-4H3/t13-,14+/m1/s1. The zero-order valence-electron chi connectivity index (χ0n) is 15.3. The van der Waals surface area contributed by atoms with Crippen LogP contribution in [0.3, 0.4) is 0 Å². The highest BCUT2D eigenvalue weighted by atomic mass is 32.2. The van der Waals surface area contributed by atoms with Crippen LogP contribution in [0.5, 0.6) is 0 Å². The van der Waals surface area contributed by atoms with Gasteiger partial charge >= 0.3 is 0 Å². The second-order valence-electron chi connectivity index (χ2n) is 6.98. The molecule has 1 aliphatic heterocycles. The molecule has 1 saturated heterocycles. The average molecular weight is 372 g/mol. The highest BCUT2D eigenvalue weighted by Gasteiger charge is 2.39. The maximum atomic E-state index is 12.5. The summed E-state index contributed by atoms with van der Waals surface area (Å²) in [5, 5.41) is 4.01. The van der Waals surface area contributed by atoms with Crippen LogP contribution in [0.25, 0.3) is 0 Å². The molecule has 0 aliphatic carbocycles. The van der Waals surface area contributed by atoms with Gasteiger partial charge in [-0.3, -0.25) is 9.48 Å². The van der Waals surface area contributed by atoms with Crippen LogP contribution in [0.1, 0.15) is 26.7 Å². The van der Waals surface area contributed by atoms with Gasteiger partial charge in [-0.25, -0.2) is 4.98 Å². The third kappa shape index (κ3) is 5.23. The van der Waals surface area contributed by atoms with Gasteiger partial charge in [-0.15, -0.1) is 0 Å². The SMILES string of the molecule is CC(C)[C@H]1CN(C(=O)CCCn2cncn2)C[C@@H]1NS(=O)(=O)N(C)C.